The van der Waals surface area contributed by atoms with E-state index in [1.165, 1.54) is 0 Å². The quantitative estimate of drug-likeness (QED) is 0.466. The molecule has 0 aliphatic carbocycles. The van der Waals surface area contributed by atoms with Crippen LogP contribution in [-0.2, 0) is 19.0 Å². The van der Waals surface area contributed by atoms with Gasteiger partial charge in [-0.15, -0.1) is 10.1 Å². The summed E-state index contributed by atoms with van der Waals surface area (Å²) in [5.41, 5.74) is 0. The van der Waals surface area contributed by atoms with Crippen LogP contribution in [-0.4, -0.2) is 54.1 Å². The summed E-state index contributed by atoms with van der Waals surface area (Å²) in [5.74, 6) is 0. The van der Waals surface area contributed by atoms with Gasteiger partial charge in [0.15, 0.2) is 6.10 Å². The minimum atomic E-state index is -0.796. The first-order valence-electron chi connectivity index (χ1n) is 6.49. The maximum absolute atomic E-state index is 10.4. The molecule has 0 N–H and O–H groups in total. The Morgan fingerprint density at radius 3 is 2.84 bits per heavy atom. The summed E-state index contributed by atoms with van der Waals surface area (Å²) in [6.07, 6.45) is 1.62. The molecule has 3 fully saturated rings. The largest absolute Gasteiger partial charge is 0.377 e. The summed E-state index contributed by atoms with van der Waals surface area (Å²) < 4.78 is 16.5. The fourth-order valence-corrected chi connectivity index (χ4v) is 3.63. The maximum atomic E-state index is 10.4. The Morgan fingerprint density at radius 1 is 1.32 bits per heavy atom. The molecule has 3 saturated heterocycles. The Hall–Kier alpha value is -0.570. The van der Waals surface area contributed by atoms with Gasteiger partial charge in [-0.25, -0.2) is 0 Å². The highest BCUT2D eigenvalue weighted by Gasteiger charge is 2.59. The number of hydrogen-bond acceptors (Lipinski definition) is 7. The molecule has 3 aliphatic heterocycles. The molecule has 1 unspecified atom stereocenters. The van der Waals surface area contributed by atoms with E-state index in [9.17, 15) is 10.1 Å². The summed E-state index contributed by atoms with van der Waals surface area (Å²) in [6, 6.07) is 0. The van der Waals surface area contributed by atoms with E-state index in [4.69, 9.17) is 26.8 Å². The van der Waals surface area contributed by atoms with Crippen molar-refractivity contribution in [2.75, 3.05) is 19.8 Å². The molecule has 8 heteroatoms. The minimum Gasteiger partial charge on any atom is -0.377 e. The van der Waals surface area contributed by atoms with Gasteiger partial charge in [-0.1, -0.05) is 0 Å². The zero-order valence-corrected chi connectivity index (χ0v) is 11.3. The summed E-state index contributed by atoms with van der Waals surface area (Å²) in [5, 5.41) is 9.64. The second-order valence-corrected chi connectivity index (χ2v) is 6.08. The number of fused-ring (bicyclic) bond motifs is 1. The highest BCUT2D eigenvalue weighted by Crippen LogP contribution is 2.44. The molecule has 0 aromatic heterocycles. The molecule has 3 heterocycles. The molecule has 0 saturated carbocycles. The number of ether oxygens (including phenoxy) is 3. The van der Waals surface area contributed by atoms with Crippen LogP contribution in [0.3, 0.4) is 0 Å². The molecule has 0 bridgehead atoms. The Kier molecular flexibility index (Phi) is 3.59. The van der Waals surface area contributed by atoms with Gasteiger partial charge in [0.2, 0.25) is 0 Å². The van der Waals surface area contributed by atoms with Crippen molar-refractivity contribution >= 4 is 12.6 Å². The first-order chi connectivity index (χ1) is 9.11. The molecule has 7 nitrogen and oxygen atoms in total. The van der Waals surface area contributed by atoms with E-state index >= 15 is 0 Å². The Labute approximate surface area is 116 Å². The molecule has 3 rings (SSSR count). The zero-order chi connectivity index (χ0) is 13.5. The fraction of sp³-hybridized carbons (Fsp3) is 1.00. The molecule has 108 valence electrons. The van der Waals surface area contributed by atoms with Crippen LogP contribution < -0.4 is 0 Å². The highest BCUT2D eigenvalue weighted by atomic mass is 32.1. The third kappa shape index (κ3) is 2.31. The molecule has 0 spiro atoms. The van der Waals surface area contributed by atoms with Crippen molar-refractivity contribution in [1.29, 1.82) is 0 Å². The third-order valence-electron chi connectivity index (χ3n) is 4.06. The van der Waals surface area contributed by atoms with Gasteiger partial charge in [-0.3, -0.25) is 0 Å². The van der Waals surface area contributed by atoms with E-state index in [-0.39, 0.29) is 18.8 Å². The maximum Gasteiger partial charge on any atom is 0.294 e. The molecule has 0 radical (unpaired) electrons. The summed E-state index contributed by atoms with van der Waals surface area (Å²) >= 11 is 4.73. The number of rotatable bonds is 3. The lowest BCUT2D eigenvalue weighted by Crippen LogP contribution is -2.50. The zero-order valence-electron chi connectivity index (χ0n) is 10.4. The molecule has 0 aromatic carbocycles. The smallest absolute Gasteiger partial charge is 0.294 e. The minimum absolute atomic E-state index is 0.0334. The second kappa shape index (κ2) is 5.08. The Morgan fingerprint density at radius 2 is 2.16 bits per heavy atom. The van der Waals surface area contributed by atoms with Crippen LogP contribution in [0.25, 0.3) is 0 Å². The van der Waals surface area contributed by atoms with Gasteiger partial charge in [-0.05, 0) is 19.3 Å². The van der Waals surface area contributed by atoms with E-state index < -0.39 is 22.0 Å². The summed E-state index contributed by atoms with van der Waals surface area (Å²) in [4.78, 5) is 15.0. The van der Waals surface area contributed by atoms with Gasteiger partial charge in [0, 0.05) is 6.61 Å². The topological polar surface area (TPSA) is 80.1 Å². The van der Waals surface area contributed by atoms with E-state index in [1.807, 2.05) is 0 Å². The van der Waals surface area contributed by atoms with Gasteiger partial charge in [0.05, 0.1) is 24.1 Å². The standard InChI is InChI=1S/C11H17NO6S/c13-12(14)18-7-5-16-10-9(7)17-6-11(10,19)8-3-1-2-4-15-8/h7-10,19H,1-6H2/t7-,8?,9-,10+,11-/m1/s1. The van der Waals surface area contributed by atoms with Crippen LogP contribution in [0.1, 0.15) is 19.3 Å². The molecule has 19 heavy (non-hydrogen) atoms. The van der Waals surface area contributed by atoms with Crippen molar-refractivity contribution in [2.45, 2.75) is 48.4 Å². The van der Waals surface area contributed by atoms with E-state index in [0.29, 0.717) is 6.61 Å². The van der Waals surface area contributed by atoms with Gasteiger partial charge in [0.25, 0.3) is 5.09 Å². The number of hydrogen-bond donors (Lipinski definition) is 1. The second-order valence-electron chi connectivity index (χ2n) is 5.24. The lowest BCUT2D eigenvalue weighted by molar-refractivity contribution is -0.769. The molecule has 0 amide bonds. The van der Waals surface area contributed by atoms with Crippen LogP contribution in [0.5, 0.6) is 0 Å². The average molecular weight is 291 g/mol. The molecule has 0 aromatic rings. The lowest BCUT2D eigenvalue weighted by atomic mass is 9.89. The normalized spacial score (nSPS) is 45.9. The SMILES string of the molecule is O=[N+]([O-])O[C@@H]1CO[C@H]2[C@@H]1OC[C@@]2(S)C1CCCCO1. The van der Waals surface area contributed by atoms with Crippen LogP contribution in [0.15, 0.2) is 0 Å². The van der Waals surface area contributed by atoms with E-state index in [2.05, 4.69) is 4.84 Å². The van der Waals surface area contributed by atoms with Gasteiger partial charge in [0.1, 0.15) is 12.2 Å². The van der Waals surface area contributed by atoms with Gasteiger partial charge in [-0.2, -0.15) is 12.6 Å². The van der Waals surface area contributed by atoms with Crippen LogP contribution in [0.4, 0.5) is 0 Å². The van der Waals surface area contributed by atoms with Crippen LogP contribution >= 0.6 is 12.6 Å². The van der Waals surface area contributed by atoms with Crippen molar-refractivity contribution in [3.63, 3.8) is 0 Å². The van der Waals surface area contributed by atoms with Crippen LogP contribution in [0.2, 0.25) is 0 Å². The van der Waals surface area contributed by atoms with Crippen LogP contribution in [0, 0.1) is 10.1 Å². The number of nitrogens with zero attached hydrogens (tertiary/aromatic N) is 1. The van der Waals surface area contributed by atoms with Crippen molar-refractivity contribution < 1.29 is 24.1 Å². The predicted octanol–water partition coefficient (Wildman–Crippen LogP) is 0.599. The summed E-state index contributed by atoms with van der Waals surface area (Å²) in [6.45, 7) is 1.25. The first-order valence-corrected chi connectivity index (χ1v) is 6.94. The monoisotopic (exact) mass is 291 g/mol. The fourth-order valence-electron chi connectivity index (χ4n) is 3.13. The summed E-state index contributed by atoms with van der Waals surface area (Å²) in [7, 11) is 0. The molecular weight excluding hydrogens is 274 g/mol. The molecule has 5 atom stereocenters. The molecule has 3 aliphatic rings. The highest BCUT2D eigenvalue weighted by molar-refractivity contribution is 7.82. The van der Waals surface area contributed by atoms with E-state index in [0.717, 1.165) is 25.9 Å². The molecular formula is C11H17NO6S. The van der Waals surface area contributed by atoms with Crippen molar-refractivity contribution in [3.8, 4) is 0 Å². The average Bonchev–Trinajstić information content (AvgIpc) is 2.94. The Balaban J connectivity index is 1.71. The lowest BCUT2D eigenvalue weighted by Gasteiger charge is -2.37. The predicted molar refractivity (Wildman–Crippen MR) is 66.7 cm³/mol. The Bertz CT molecular complexity index is 363. The number of thiol groups is 1. The van der Waals surface area contributed by atoms with Crippen molar-refractivity contribution in [1.82, 2.24) is 0 Å². The first kappa shape index (κ1) is 13.4. The van der Waals surface area contributed by atoms with Gasteiger partial charge < -0.3 is 19.0 Å². The van der Waals surface area contributed by atoms with E-state index in [1.54, 1.807) is 0 Å². The van der Waals surface area contributed by atoms with Gasteiger partial charge >= 0.3 is 0 Å². The van der Waals surface area contributed by atoms with Crippen molar-refractivity contribution in [3.05, 3.63) is 10.1 Å². The van der Waals surface area contributed by atoms with Crippen molar-refractivity contribution in [2.24, 2.45) is 0 Å². The third-order valence-corrected chi connectivity index (χ3v) is 4.73.